The molecular weight excluding hydrogens is 647 g/mol. The minimum Gasteiger partial charge on any atom is -0.506 e. The van der Waals surface area contributed by atoms with Gasteiger partial charge in [-0.3, -0.25) is 9.79 Å². The molecule has 0 saturated carbocycles. The normalized spacial score (nSPS) is 31.8. The van der Waals surface area contributed by atoms with Crippen molar-refractivity contribution in [1.29, 1.82) is 0 Å². The maximum atomic E-state index is 14.4. The van der Waals surface area contributed by atoms with Gasteiger partial charge in [0.2, 0.25) is 5.78 Å². The van der Waals surface area contributed by atoms with Crippen LogP contribution in [0.1, 0.15) is 58.9 Å². The van der Waals surface area contributed by atoms with E-state index in [9.17, 15) is 9.90 Å². The minimum atomic E-state index is -0.613. The zero-order chi connectivity index (χ0) is 33.3. The Kier molecular flexibility index (Phi) is 6.52. The number of ether oxygens (including phenoxy) is 2. The van der Waals surface area contributed by atoms with Gasteiger partial charge in [0.25, 0.3) is 0 Å². The van der Waals surface area contributed by atoms with Gasteiger partial charge in [-0.2, -0.15) is 0 Å². The maximum Gasteiger partial charge on any atom is 0.201 e. The topological polar surface area (TPSA) is 104 Å². The highest BCUT2D eigenvalue weighted by Gasteiger charge is 2.45. The quantitative estimate of drug-likeness (QED) is 0.165. The second-order valence-corrected chi connectivity index (χ2v) is 15.2. The number of carbonyl (C=O) groups is 1. The molecule has 2 fully saturated rings. The van der Waals surface area contributed by atoms with Crippen LogP contribution in [0.4, 0.5) is 17.1 Å². The van der Waals surface area contributed by atoms with Crippen LogP contribution in [0.2, 0.25) is 10.0 Å². The molecule has 8 nitrogen and oxygen atoms in total. The summed E-state index contributed by atoms with van der Waals surface area (Å²) in [7, 11) is 0. The molecule has 0 radical (unpaired) electrons. The lowest BCUT2D eigenvalue weighted by Crippen LogP contribution is -2.55. The zero-order valence-electron chi connectivity index (χ0n) is 27.1. The standard InChI is InChI=1S/C38H36Cl2N4O4/c1-17-13-37(14-18(2)47-17)41-27-11-9-25(39)21-5-7-23(33(43-37)29(21)27)31-35(45)32(36(31)46)24-8-6-22-26(40)10-12-28-30(22)34(24)44-38(42-28)15-19(3)48-20(4)16-38/h5-12,17-20,41-43,45H,13-16H2,1-4H3/b32-24+. The molecule has 4 aliphatic heterocycles. The summed E-state index contributed by atoms with van der Waals surface area (Å²) < 4.78 is 12.2. The van der Waals surface area contributed by atoms with Gasteiger partial charge in [-0.1, -0.05) is 47.5 Å². The van der Waals surface area contributed by atoms with Gasteiger partial charge in [0.1, 0.15) is 17.1 Å². The molecule has 246 valence electrons. The lowest BCUT2D eigenvalue weighted by atomic mass is 9.79. The van der Waals surface area contributed by atoms with E-state index in [0.717, 1.165) is 51.4 Å². The van der Waals surface area contributed by atoms with Crippen molar-refractivity contribution in [3.8, 4) is 0 Å². The largest absolute Gasteiger partial charge is 0.506 e. The van der Waals surface area contributed by atoms with Crippen LogP contribution in [-0.2, 0) is 14.3 Å². The third kappa shape index (κ3) is 4.35. The maximum absolute atomic E-state index is 14.4. The molecule has 1 aliphatic carbocycles. The van der Waals surface area contributed by atoms with Crippen LogP contribution < -0.4 is 26.5 Å². The smallest absolute Gasteiger partial charge is 0.201 e. The molecule has 4 atom stereocenters. The molecule has 0 bridgehead atoms. The van der Waals surface area contributed by atoms with E-state index in [1.807, 2.05) is 48.5 Å². The molecule has 0 amide bonds. The number of hydrogen-bond donors (Lipinski definition) is 4. The number of halogens is 2. The fourth-order valence-corrected chi connectivity index (χ4v) is 9.51. The monoisotopic (exact) mass is 682 g/mol. The SMILES string of the molecule is CC1CC2(CC(C)O1)N=c1/c(=C3/C(=O)C(c4ccc5c(Cl)ccc6c5c4NC4(CC(C)OC(C)C4)N6)=C3O)ccc3c(Cl)ccc(c13)N2. The molecular formula is C38H36Cl2N4O4. The number of anilines is 3. The van der Waals surface area contributed by atoms with Crippen LogP contribution >= 0.6 is 23.2 Å². The van der Waals surface area contributed by atoms with Gasteiger partial charge in [0.15, 0.2) is 0 Å². The first-order valence-electron chi connectivity index (χ1n) is 16.7. The Bertz CT molecular complexity index is 2260. The van der Waals surface area contributed by atoms with Crippen molar-refractivity contribution in [2.45, 2.75) is 89.1 Å². The average Bonchev–Trinajstić information content (AvgIpc) is 3.01. The van der Waals surface area contributed by atoms with Crippen molar-refractivity contribution in [3.05, 3.63) is 80.5 Å². The lowest BCUT2D eigenvalue weighted by molar-refractivity contribution is -0.110. The van der Waals surface area contributed by atoms with Gasteiger partial charge in [-0.05, 0) is 52.0 Å². The molecule has 9 rings (SSSR count). The highest BCUT2D eigenvalue weighted by atomic mass is 35.5. The summed E-state index contributed by atoms with van der Waals surface area (Å²) in [4.78, 5) is 19.8. The zero-order valence-corrected chi connectivity index (χ0v) is 28.6. The van der Waals surface area contributed by atoms with Crippen LogP contribution in [0.3, 0.4) is 0 Å². The number of rotatable bonds is 1. The van der Waals surface area contributed by atoms with Gasteiger partial charge < -0.3 is 30.5 Å². The van der Waals surface area contributed by atoms with Gasteiger partial charge in [-0.15, -0.1) is 0 Å². The van der Waals surface area contributed by atoms with Crippen molar-refractivity contribution in [3.63, 3.8) is 0 Å². The van der Waals surface area contributed by atoms with Gasteiger partial charge >= 0.3 is 0 Å². The van der Waals surface area contributed by atoms with Gasteiger partial charge in [0.05, 0.1) is 46.6 Å². The van der Waals surface area contributed by atoms with Crippen molar-refractivity contribution >= 4 is 78.7 Å². The molecule has 2 saturated heterocycles. The summed E-state index contributed by atoms with van der Waals surface area (Å²) in [6.07, 6.45) is 2.81. The average molecular weight is 684 g/mol. The minimum absolute atomic E-state index is 0.00495. The van der Waals surface area contributed by atoms with Crippen LogP contribution in [0.15, 0.2) is 59.3 Å². The predicted octanol–water partition coefficient (Wildman–Crippen LogP) is 7.45. The number of hydrogen-bond acceptors (Lipinski definition) is 8. The van der Waals surface area contributed by atoms with Crippen molar-refractivity contribution in [2.75, 3.05) is 16.0 Å². The Hall–Kier alpha value is -3.82. The first-order chi connectivity index (χ1) is 22.9. The number of carbonyl (C=O) groups excluding carboxylic acids is 1. The summed E-state index contributed by atoms with van der Waals surface area (Å²) in [6, 6.07) is 15.3. The van der Waals surface area contributed by atoms with Gasteiger partial charge in [-0.25, -0.2) is 0 Å². The molecule has 5 aliphatic rings. The second-order valence-electron chi connectivity index (χ2n) is 14.3. The van der Waals surface area contributed by atoms with E-state index in [1.165, 1.54) is 0 Å². The van der Waals surface area contributed by atoms with Crippen LogP contribution in [0, 0.1) is 0 Å². The van der Waals surface area contributed by atoms with E-state index >= 15 is 0 Å². The Morgan fingerprint density at radius 3 is 1.96 bits per heavy atom. The van der Waals surface area contributed by atoms with Crippen LogP contribution in [-0.4, -0.2) is 46.6 Å². The fraction of sp³-hybridized carbons (Fsp3) is 0.368. The molecule has 4 aromatic carbocycles. The van der Waals surface area contributed by atoms with Crippen LogP contribution in [0.5, 0.6) is 0 Å². The highest BCUT2D eigenvalue weighted by Crippen LogP contribution is 2.50. The number of aliphatic hydroxyl groups excluding tert-OH is 1. The van der Waals surface area contributed by atoms with Gasteiger partial charge in [0, 0.05) is 79.4 Å². The molecule has 48 heavy (non-hydrogen) atoms. The molecule has 4 N–H and O–H groups in total. The number of nitrogens with one attached hydrogen (secondary N) is 3. The Morgan fingerprint density at radius 1 is 0.729 bits per heavy atom. The third-order valence-electron chi connectivity index (χ3n) is 10.6. The number of Topliss-reactive ketones (excluding diaryl/α,β-unsaturated/α-hetero) is 1. The third-order valence-corrected chi connectivity index (χ3v) is 11.2. The molecule has 4 aromatic rings. The van der Waals surface area contributed by atoms with E-state index in [-0.39, 0.29) is 47.1 Å². The number of ketones is 1. The van der Waals surface area contributed by atoms with E-state index in [4.69, 9.17) is 37.7 Å². The van der Waals surface area contributed by atoms with E-state index in [0.29, 0.717) is 39.0 Å². The first kappa shape index (κ1) is 30.3. The van der Waals surface area contributed by atoms with Crippen molar-refractivity contribution in [2.24, 2.45) is 4.99 Å². The molecule has 0 aromatic heterocycles. The molecule has 4 heterocycles. The summed E-state index contributed by atoms with van der Waals surface area (Å²) in [5, 5.41) is 29.1. The fourth-order valence-electron chi connectivity index (χ4n) is 9.07. The van der Waals surface area contributed by atoms with E-state index in [2.05, 4.69) is 43.6 Å². The summed E-state index contributed by atoms with van der Waals surface area (Å²) >= 11 is 13.4. The van der Waals surface area contributed by atoms with E-state index < -0.39 is 11.3 Å². The Labute approximate surface area is 287 Å². The number of allylic oxidation sites excluding steroid dienone is 2. The number of nitrogens with zero attached hydrogens (tertiary/aromatic N) is 1. The molecule has 10 heteroatoms. The lowest BCUT2D eigenvalue weighted by Gasteiger charge is -2.48. The number of benzene rings is 4. The Morgan fingerprint density at radius 2 is 1.31 bits per heavy atom. The molecule has 2 spiro atoms. The molecule has 4 unspecified atom stereocenters. The van der Waals surface area contributed by atoms with Crippen molar-refractivity contribution < 1.29 is 19.4 Å². The van der Waals surface area contributed by atoms with Crippen LogP contribution in [0.25, 0.3) is 32.7 Å². The van der Waals surface area contributed by atoms with E-state index in [1.54, 1.807) is 0 Å². The Balaban J connectivity index is 1.27. The summed E-state index contributed by atoms with van der Waals surface area (Å²) in [6.45, 7) is 8.27. The predicted molar refractivity (Wildman–Crippen MR) is 191 cm³/mol. The summed E-state index contributed by atoms with van der Waals surface area (Å²) in [5.74, 6) is -0.275. The van der Waals surface area contributed by atoms with Crippen molar-refractivity contribution in [1.82, 2.24) is 0 Å². The first-order valence-corrected chi connectivity index (χ1v) is 17.5. The highest BCUT2D eigenvalue weighted by molar-refractivity contribution is 6.52. The number of aliphatic hydroxyl groups is 1. The second kappa shape index (κ2) is 10.3. The summed E-state index contributed by atoms with van der Waals surface area (Å²) in [5.41, 5.74) is 2.70.